The molecule has 254 valence electrons. The summed E-state index contributed by atoms with van der Waals surface area (Å²) in [6.45, 7) is 9.32. The molecule has 0 aliphatic rings. The van der Waals surface area contributed by atoms with Crippen molar-refractivity contribution in [2.24, 2.45) is 0 Å². The van der Waals surface area contributed by atoms with Crippen LogP contribution in [-0.4, -0.2) is 70.7 Å². The van der Waals surface area contributed by atoms with E-state index in [-0.39, 0.29) is 41.1 Å². The Morgan fingerprint density at radius 2 is 1.62 bits per heavy atom. The molecule has 0 bridgehead atoms. The van der Waals surface area contributed by atoms with Gasteiger partial charge in [0.1, 0.15) is 21.4 Å². The number of benzene rings is 2. The average Bonchev–Trinajstić information content (AvgIpc) is 3.63. The van der Waals surface area contributed by atoms with E-state index in [0.29, 0.717) is 45.9 Å². The van der Waals surface area contributed by atoms with Crippen LogP contribution in [0.15, 0.2) is 53.7 Å². The molecule has 0 saturated heterocycles. The zero-order valence-corrected chi connectivity index (χ0v) is 29.1. The third kappa shape index (κ3) is 8.33. The molecular formula is C33H37N5O8S2. The Morgan fingerprint density at radius 1 is 0.938 bits per heavy atom. The fraction of sp³-hybridized carbons (Fsp3) is 0.333. The third-order valence-electron chi connectivity index (χ3n) is 6.84. The second-order valence-corrected chi connectivity index (χ2v) is 12.3. The highest BCUT2D eigenvalue weighted by Gasteiger charge is 2.29. The number of hydrogen-bond donors (Lipinski definition) is 2. The molecule has 0 saturated carbocycles. The second kappa shape index (κ2) is 16.8. The summed E-state index contributed by atoms with van der Waals surface area (Å²) in [5.74, 6) is -0.547. The van der Waals surface area contributed by atoms with E-state index < -0.39 is 23.1 Å². The first-order valence-corrected chi connectivity index (χ1v) is 16.9. The molecule has 0 aliphatic heterocycles. The molecule has 2 aromatic carbocycles. The van der Waals surface area contributed by atoms with E-state index in [2.05, 4.69) is 20.8 Å². The summed E-state index contributed by atoms with van der Waals surface area (Å²) in [5, 5.41) is 14.2. The molecule has 48 heavy (non-hydrogen) atoms. The van der Waals surface area contributed by atoms with E-state index >= 15 is 0 Å². The highest BCUT2D eigenvalue weighted by Crippen LogP contribution is 2.35. The van der Waals surface area contributed by atoms with E-state index in [1.807, 2.05) is 19.1 Å². The lowest BCUT2D eigenvalue weighted by molar-refractivity contribution is -0.115. The van der Waals surface area contributed by atoms with Crippen molar-refractivity contribution in [3.05, 3.63) is 75.9 Å². The lowest BCUT2D eigenvalue weighted by Gasteiger charge is -2.15. The van der Waals surface area contributed by atoms with E-state index in [4.69, 9.17) is 18.9 Å². The summed E-state index contributed by atoms with van der Waals surface area (Å²) in [5.41, 5.74) is 1.51. The van der Waals surface area contributed by atoms with Crippen molar-refractivity contribution in [1.29, 1.82) is 0 Å². The summed E-state index contributed by atoms with van der Waals surface area (Å²) in [4.78, 5) is 52.2. The van der Waals surface area contributed by atoms with E-state index in [1.54, 1.807) is 68.7 Å². The Balaban J connectivity index is 1.61. The van der Waals surface area contributed by atoms with Crippen LogP contribution in [0.1, 0.15) is 69.5 Å². The van der Waals surface area contributed by atoms with Crippen molar-refractivity contribution in [2.45, 2.75) is 51.6 Å². The zero-order valence-electron chi connectivity index (χ0n) is 27.4. The Kier molecular flexibility index (Phi) is 12.6. The molecule has 2 N–H and O–H groups in total. The first kappa shape index (κ1) is 36.0. The van der Waals surface area contributed by atoms with Crippen LogP contribution in [0.2, 0.25) is 0 Å². The number of carbonyl (C=O) groups excluding carboxylic acids is 4. The summed E-state index contributed by atoms with van der Waals surface area (Å²) < 4.78 is 23.0. The normalized spacial score (nSPS) is 11.4. The van der Waals surface area contributed by atoms with Gasteiger partial charge in [-0.15, -0.1) is 21.5 Å². The molecule has 0 unspecified atom stereocenters. The van der Waals surface area contributed by atoms with E-state index in [1.165, 1.54) is 7.11 Å². The quantitative estimate of drug-likeness (QED) is 0.120. The van der Waals surface area contributed by atoms with Gasteiger partial charge in [0.25, 0.3) is 5.91 Å². The Morgan fingerprint density at radius 3 is 2.29 bits per heavy atom. The SMILES string of the molecule is CCOC(=O)c1sc(NC(=O)[C@@H](C)Sc2nnc(CNC(=O)c3ccccc3OC)n2-c2ccc(OCC)cc2)c(C(=O)OCC)c1C. The number of thiophene rings is 1. The zero-order chi connectivity index (χ0) is 34.8. The molecule has 4 rings (SSSR count). The van der Waals surface area contributed by atoms with Crippen molar-refractivity contribution in [3.63, 3.8) is 0 Å². The lowest BCUT2D eigenvalue weighted by Crippen LogP contribution is -2.25. The summed E-state index contributed by atoms with van der Waals surface area (Å²) in [7, 11) is 1.49. The molecule has 1 atom stereocenters. The highest BCUT2D eigenvalue weighted by molar-refractivity contribution is 8.00. The summed E-state index contributed by atoms with van der Waals surface area (Å²) in [6.07, 6.45) is 0. The molecular weight excluding hydrogens is 659 g/mol. The van der Waals surface area contributed by atoms with Gasteiger partial charge in [0.15, 0.2) is 11.0 Å². The molecule has 0 radical (unpaired) electrons. The van der Waals surface area contributed by atoms with Crippen LogP contribution >= 0.6 is 23.1 Å². The Labute approximate surface area is 286 Å². The van der Waals surface area contributed by atoms with Crippen LogP contribution in [0.5, 0.6) is 11.5 Å². The minimum atomic E-state index is -0.741. The van der Waals surface area contributed by atoms with Crippen LogP contribution in [0, 0.1) is 6.92 Å². The number of anilines is 1. The maximum Gasteiger partial charge on any atom is 0.348 e. The average molecular weight is 696 g/mol. The summed E-state index contributed by atoms with van der Waals surface area (Å²) in [6, 6.07) is 14.1. The van der Waals surface area contributed by atoms with Gasteiger partial charge in [-0.3, -0.25) is 14.2 Å². The highest BCUT2D eigenvalue weighted by atomic mass is 32.2. The van der Waals surface area contributed by atoms with Gasteiger partial charge in [-0.25, -0.2) is 9.59 Å². The molecule has 15 heteroatoms. The Bertz CT molecular complexity index is 1770. The molecule has 2 aromatic heterocycles. The largest absolute Gasteiger partial charge is 0.496 e. The van der Waals surface area contributed by atoms with Crippen LogP contribution in [-0.2, 0) is 20.8 Å². The number of amides is 2. The smallest absolute Gasteiger partial charge is 0.348 e. The van der Waals surface area contributed by atoms with Crippen LogP contribution in [0.25, 0.3) is 5.69 Å². The second-order valence-electron chi connectivity index (χ2n) is 9.99. The van der Waals surface area contributed by atoms with Crippen LogP contribution < -0.4 is 20.1 Å². The number of ether oxygens (including phenoxy) is 4. The van der Waals surface area contributed by atoms with Crippen molar-refractivity contribution >= 4 is 51.9 Å². The maximum absolute atomic E-state index is 13.5. The van der Waals surface area contributed by atoms with Gasteiger partial charge in [-0.2, -0.15) is 0 Å². The van der Waals surface area contributed by atoms with Crippen LogP contribution in [0.3, 0.4) is 0 Å². The molecule has 2 amide bonds. The minimum absolute atomic E-state index is 0.0201. The number of carbonyl (C=O) groups is 4. The first-order chi connectivity index (χ1) is 23.1. The fourth-order valence-corrected chi connectivity index (χ4v) is 6.54. The van der Waals surface area contributed by atoms with Gasteiger partial charge in [-0.1, -0.05) is 23.9 Å². The predicted molar refractivity (Wildman–Crippen MR) is 182 cm³/mol. The number of nitrogens with one attached hydrogen (secondary N) is 2. The molecule has 2 heterocycles. The van der Waals surface area contributed by atoms with Gasteiger partial charge in [0, 0.05) is 5.69 Å². The Hall–Kier alpha value is -4.89. The van der Waals surface area contributed by atoms with Crippen molar-refractivity contribution in [1.82, 2.24) is 20.1 Å². The fourth-order valence-electron chi connectivity index (χ4n) is 4.56. The first-order valence-electron chi connectivity index (χ1n) is 15.2. The molecule has 0 aliphatic carbocycles. The molecule has 4 aromatic rings. The van der Waals surface area contributed by atoms with E-state index in [0.717, 1.165) is 23.1 Å². The topological polar surface area (TPSA) is 160 Å². The van der Waals surface area contributed by atoms with Gasteiger partial charge >= 0.3 is 11.9 Å². The lowest BCUT2D eigenvalue weighted by atomic mass is 10.1. The van der Waals surface area contributed by atoms with Crippen molar-refractivity contribution in [3.8, 4) is 17.2 Å². The predicted octanol–water partition coefficient (Wildman–Crippen LogP) is 5.45. The number of para-hydroxylation sites is 1. The summed E-state index contributed by atoms with van der Waals surface area (Å²) >= 11 is 2.07. The number of esters is 2. The standard InChI is InChI=1S/C33H37N5O8S2/c1-7-44-22-16-14-21(15-17-22)38-25(18-34-29(40)23-12-10-11-13-24(23)43-6)36-37-33(38)47-20(5)28(39)35-30-26(31(41)45-8-2)19(4)27(48-30)32(42)46-9-3/h10-17,20H,7-9,18H2,1-6H3,(H,34,40)(H,35,39)/t20-/m1/s1. The van der Waals surface area contributed by atoms with Crippen molar-refractivity contribution in [2.75, 3.05) is 32.2 Å². The molecule has 0 fully saturated rings. The minimum Gasteiger partial charge on any atom is -0.496 e. The van der Waals surface area contributed by atoms with E-state index in [9.17, 15) is 19.2 Å². The molecule has 0 spiro atoms. The van der Waals surface area contributed by atoms with Crippen LogP contribution in [0.4, 0.5) is 5.00 Å². The number of rotatable bonds is 15. The van der Waals surface area contributed by atoms with Gasteiger partial charge in [0.05, 0.1) is 49.9 Å². The number of thioether (sulfide) groups is 1. The van der Waals surface area contributed by atoms with Gasteiger partial charge < -0.3 is 29.6 Å². The maximum atomic E-state index is 13.5. The van der Waals surface area contributed by atoms with Crippen molar-refractivity contribution < 1.29 is 38.1 Å². The monoisotopic (exact) mass is 695 g/mol. The number of aromatic nitrogens is 3. The van der Waals surface area contributed by atoms with Gasteiger partial charge in [-0.05, 0) is 76.6 Å². The third-order valence-corrected chi connectivity index (χ3v) is 9.07. The molecule has 13 nitrogen and oxygen atoms in total. The number of hydrogen-bond acceptors (Lipinski definition) is 12. The van der Waals surface area contributed by atoms with Gasteiger partial charge in [0.2, 0.25) is 5.91 Å². The number of nitrogens with zero attached hydrogens (tertiary/aromatic N) is 3. The number of methoxy groups -OCH3 is 1.